The minimum absolute atomic E-state index is 0.295. The Kier molecular flexibility index (Phi) is 5.01. The van der Waals surface area contributed by atoms with Gasteiger partial charge >= 0.3 is 5.97 Å². The molecule has 20 heavy (non-hydrogen) atoms. The minimum atomic E-state index is -0.697. The molecule has 0 aromatic heterocycles. The van der Waals surface area contributed by atoms with Crippen LogP contribution in [0.3, 0.4) is 0 Å². The molecule has 0 aliphatic carbocycles. The first-order valence-corrected chi connectivity index (χ1v) is 7.25. The second-order valence-corrected chi connectivity index (χ2v) is 5.48. The predicted molar refractivity (Wildman–Crippen MR) is 78.3 cm³/mol. The molecule has 1 aromatic rings. The SMILES string of the molecule is Cc1ccc(OCCCN2CCCC2C(=O)O)cc1C. The van der Waals surface area contributed by atoms with Crippen molar-refractivity contribution >= 4 is 5.97 Å². The molecule has 1 heterocycles. The topological polar surface area (TPSA) is 49.8 Å². The number of benzene rings is 1. The van der Waals surface area contributed by atoms with E-state index in [-0.39, 0.29) is 6.04 Å². The molecular formula is C16H23NO3. The minimum Gasteiger partial charge on any atom is -0.494 e. The number of aliphatic carboxylic acids is 1. The molecule has 0 radical (unpaired) electrons. The van der Waals surface area contributed by atoms with Crippen LogP contribution in [0.1, 0.15) is 30.4 Å². The van der Waals surface area contributed by atoms with E-state index in [1.165, 1.54) is 11.1 Å². The molecule has 1 N–H and O–H groups in total. The van der Waals surface area contributed by atoms with Gasteiger partial charge in [0.1, 0.15) is 11.8 Å². The van der Waals surface area contributed by atoms with Crippen molar-refractivity contribution in [1.29, 1.82) is 0 Å². The van der Waals surface area contributed by atoms with E-state index in [0.717, 1.165) is 38.1 Å². The number of likely N-dealkylation sites (tertiary alicyclic amines) is 1. The van der Waals surface area contributed by atoms with Gasteiger partial charge in [0, 0.05) is 6.54 Å². The van der Waals surface area contributed by atoms with Gasteiger partial charge in [0.15, 0.2) is 0 Å². The number of hydrogen-bond donors (Lipinski definition) is 1. The van der Waals surface area contributed by atoms with Gasteiger partial charge in [0.25, 0.3) is 0 Å². The normalized spacial score (nSPS) is 19.2. The molecule has 0 bridgehead atoms. The summed E-state index contributed by atoms with van der Waals surface area (Å²) in [5.41, 5.74) is 2.49. The summed E-state index contributed by atoms with van der Waals surface area (Å²) >= 11 is 0. The van der Waals surface area contributed by atoms with E-state index < -0.39 is 5.97 Å². The highest BCUT2D eigenvalue weighted by Gasteiger charge is 2.29. The van der Waals surface area contributed by atoms with Crippen molar-refractivity contribution in [1.82, 2.24) is 4.90 Å². The van der Waals surface area contributed by atoms with E-state index in [1.807, 2.05) is 17.0 Å². The number of hydrogen-bond acceptors (Lipinski definition) is 3. The Morgan fingerprint density at radius 3 is 2.90 bits per heavy atom. The van der Waals surface area contributed by atoms with E-state index >= 15 is 0 Å². The number of nitrogens with zero attached hydrogens (tertiary/aromatic N) is 1. The number of carboxylic acid groups (broad SMARTS) is 1. The molecule has 1 fully saturated rings. The van der Waals surface area contributed by atoms with Crippen molar-refractivity contribution in [2.24, 2.45) is 0 Å². The molecule has 0 amide bonds. The van der Waals surface area contributed by atoms with Crippen LogP contribution in [0.15, 0.2) is 18.2 Å². The predicted octanol–water partition coefficient (Wildman–Crippen LogP) is 2.62. The molecule has 4 heteroatoms. The summed E-state index contributed by atoms with van der Waals surface area (Å²) in [4.78, 5) is 13.1. The summed E-state index contributed by atoms with van der Waals surface area (Å²) in [6, 6.07) is 5.80. The van der Waals surface area contributed by atoms with Crippen LogP contribution in [0, 0.1) is 13.8 Å². The van der Waals surface area contributed by atoms with E-state index in [2.05, 4.69) is 19.9 Å². The Hall–Kier alpha value is -1.55. The third-order valence-corrected chi connectivity index (χ3v) is 3.99. The van der Waals surface area contributed by atoms with Crippen LogP contribution in [-0.4, -0.2) is 41.7 Å². The van der Waals surface area contributed by atoms with Crippen LogP contribution in [0.4, 0.5) is 0 Å². The molecular weight excluding hydrogens is 254 g/mol. The fourth-order valence-corrected chi connectivity index (χ4v) is 2.63. The number of carbonyl (C=O) groups is 1. The Morgan fingerprint density at radius 2 is 2.20 bits per heavy atom. The summed E-state index contributed by atoms with van der Waals surface area (Å²) in [5.74, 6) is 0.196. The Labute approximate surface area is 120 Å². The van der Waals surface area contributed by atoms with Gasteiger partial charge in [-0.05, 0) is 62.9 Å². The van der Waals surface area contributed by atoms with Crippen molar-refractivity contribution < 1.29 is 14.6 Å². The lowest BCUT2D eigenvalue weighted by Crippen LogP contribution is -2.36. The van der Waals surface area contributed by atoms with Crippen molar-refractivity contribution in [3.05, 3.63) is 29.3 Å². The molecule has 1 aliphatic rings. The zero-order chi connectivity index (χ0) is 14.5. The Morgan fingerprint density at radius 1 is 1.40 bits per heavy atom. The molecule has 1 aromatic carbocycles. The zero-order valence-corrected chi connectivity index (χ0v) is 12.3. The monoisotopic (exact) mass is 277 g/mol. The Balaban J connectivity index is 1.73. The van der Waals surface area contributed by atoms with Gasteiger partial charge in [-0.1, -0.05) is 6.07 Å². The molecule has 0 saturated carbocycles. The third-order valence-electron chi connectivity index (χ3n) is 3.99. The van der Waals surface area contributed by atoms with Gasteiger partial charge < -0.3 is 9.84 Å². The maximum absolute atomic E-state index is 11.1. The van der Waals surface area contributed by atoms with Crippen LogP contribution in [-0.2, 0) is 4.79 Å². The van der Waals surface area contributed by atoms with Gasteiger partial charge in [-0.3, -0.25) is 9.69 Å². The summed E-state index contributed by atoms with van der Waals surface area (Å²) in [6.07, 6.45) is 2.61. The van der Waals surface area contributed by atoms with Gasteiger partial charge in [0.05, 0.1) is 6.61 Å². The summed E-state index contributed by atoms with van der Waals surface area (Å²) in [6.45, 7) is 6.47. The summed E-state index contributed by atoms with van der Waals surface area (Å²) < 4.78 is 5.72. The van der Waals surface area contributed by atoms with Crippen LogP contribution < -0.4 is 4.74 Å². The zero-order valence-electron chi connectivity index (χ0n) is 12.3. The van der Waals surface area contributed by atoms with Crippen molar-refractivity contribution in [3.8, 4) is 5.75 Å². The van der Waals surface area contributed by atoms with Gasteiger partial charge in [0.2, 0.25) is 0 Å². The average Bonchev–Trinajstić information content (AvgIpc) is 2.87. The lowest BCUT2D eigenvalue weighted by Gasteiger charge is -2.20. The van der Waals surface area contributed by atoms with Gasteiger partial charge in [-0.25, -0.2) is 0 Å². The van der Waals surface area contributed by atoms with Crippen LogP contribution >= 0.6 is 0 Å². The average molecular weight is 277 g/mol. The third kappa shape index (κ3) is 3.73. The number of ether oxygens (including phenoxy) is 1. The quantitative estimate of drug-likeness (QED) is 0.812. The molecule has 1 saturated heterocycles. The van der Waals surface area contributed by atoms with Crippen LogP contribution in [0.2, 0.25) is 0 Å². The van der Waals surface area contributed by atoms with Crippen molar-refractivity contribution in [2.75, 3.05) is 19.7 Å². The van der Waals surface area contributed by atoms with Crippen molar-refractivity contribution in [2.45, 2.75) is 39.2 Å². The standard InChI is InChI=1S/C16H23NO3/c1-12-6-7-14(11-13(12)2)20-10-4-9-17-8-3-5-15(17)16(18)19/h6-7,11,15H,3-5,8-10H2,1-2H3,(H,18,19). The second-order valence-electron chi connectivity index (χ2n) is 5.48. The first kappa shape index (κ1) is 14.9. The molecule has 2 rings (SSSR count). The van der Waals surface area contributed by atoms with E-state index in [0.29, 0.717) is 6.61 Å². The second kappa shape index (κ2) is 6.75. The fourth-order valence-electron chi connectivity index (χ4n) is 2.63. The highest BCUT2D eigenvalue weighted by Crippen LogP contribution is 2.19. The number of rotatable bonds is 6. The van der Waals surface area contributed by atoms with Crippen molar-refractivity contribution in [3.63, 3.8) is 0 Å². The molecule has 1 atom stereocenters. The largest absolute Gasteiger partial charge is 0.494 e. The van der Waals surface area contributed by atoms with Gasteiger partial charge in [-0.15, -0.1) is 0 Å². The molecule has 110 valence electrons. The number of aryl methyl sites for hydroxylation is 2. The molecule has 1 aliphatic heterocycles. The fraction of sp³-hybridized carbons (Fsp3) is 0.562. The van der Waals surface area contributed by atoms with E-state index in [1.54, 1.807) is 0 Å². The van der Waals surface area contributed by atoms with Crippen LogP contribution in [0.25, 0.3) is 0 Å². The maximum Gasteiger partial charge on any atom is 0.320 e. The first-order chi connectivity index (χ1) is 9.58. The number of carboxylic acids is 1. The molecule has 4 nitrogen and oxygen atoms in total. The maximum atomic E-state index is 11.1. The highest BCUT2D eigenvalue weighted by molar-refractivity contribution is 5.73. The van der Waals surface area contributed by atoms with Crippen LogP contribution in [0.5, 0.6) is 5.75 Å². The smallest absolute Gasteiger partial charge is 0.320 e. The lowest BCUT2D eigenvalue weighted by atomic mass is 10.1. The Bertz CT molecular complexity index is 473. The summed E-state index contributed by atoms with van der Waals surface area (Å²) in [7, 11) is 0. The lowest BCUT2D eigenvalue weighted by molar-refractivity contribution is -0.142. The summed E-state index contributed by atoms with van der Waals surface area (Å²) in [5, 5.41) is 9.10. The van der Waals surface area contributed by atoms with Gasteiger partial charge in [-0.2, -0.15) is 0 Å². The highest BCUT2D eigenvalue weighted by atomic mass is 16.5. The van der Waals surface area contributed by atoms with E-state index in [4.69, 9.17) is 9.84 Å². The van der Waals surface area contributed by atoms with E-state index in [9.17, 15) is 4.79 Å². The first-order valence-electron chi connectivity index (χ1n) is 7.25. The molecule has 0 spiro atoms. The molecule has 1 unspecified atom stereocenters.